The van der Waals surface area contributed by atoms with Crippen LogP contribution in [-0.4, -0.2) is 49.1 Å². The average molecular weight is 396 g/mol. The highest BCUT2D eigenvalue weighted by molar-refractivity contribution is 5.94. The highest BCUT2D eigenvalue weighted by Crippen LogP contribution is 2.47. The quantitative estimate of drug-likeness (QED) is 0.815. The van der Waals surface area contributed by atoms with Gasteiger partial charge in [0.2, 0.25) is 0 Å². The van der Waals surface area contributed by atoms with Gasteiger partial charge < -0.3 is 19.9 Å². The predicted molar refractivity (Wildman–Crippen MR) is 116 cm³/mol. The Bertz CT molecular complexity index is 900. The number of methoxy groups -OCH3 is 1. The lowest BCUT2D eigenvalue weighted by Gasteiger charge is -2.48. The number of nitrogens with one attached hydrogen (secondary N) is 2. The highest BCUT2D eigenvalue weighted by Gasteiger charge is 2.47. The minimum absolute atomic E-state index is 0.0829. The molecule has 2 atom stereocenters. The van der Waals surface area contributed by atoms with Gasteiger partial charge in [-0.15, -0.1) is 0 Å². The lowest BCUT2D eigenvalue weighted by atomic mass is 9.59. The van der Waals surface area contributed by atoms with E-state index in [0.29, 0.717) is 5.92 Å². The summed E-state index contributed by atoms with van der Waals surface area (Å²) in [5, 5.41) is 3.61. The molecule has 1 aromatic heterocycles. The summed E-state index contributed by atoms with van der Waals surface area (Å²) in [6.45, 7) is 9.70. The van der Waals surface area contributed by atoms with Crippen LogP contribution >= 0.6 is 0 Å². The van der Waals surface area contributed by atoms with Gasteiger partial charge in [0.1, 0.15) is 11.4 Å². The van der Waals surface area contributed by atoms with Gasteiger partial charge in [0.25, 0.3) is 5.91 Å². The number of benzene rings is 1. The molecule has 1 fully saturated rings. The summed E-state index contributed by atoms with van der Waals surface area (Å²) in [6.07, 6.45) is 3.06. The zero-order valence-electron chi connectivity index (χ0n) is 18.1. The summed E-state index contributed by atoms with van der Waals surface area (Å²) in [5.74, 6) is 1.56. The third-order valence-electron chi connectivity index (χ3n) is 7.24. The average Bonchev–Trinajstić information content (AvgIpc) is 3.08. The number of carbonyl (C=O) groups is 1. The normalized spacial score (nSPS) is 23.2. The molecule has 0 unspecified atom stereocenters. The maximum Gasteiger partial charge on any atom is 0.270 e. The largest absolute Gasteiger partial charge is 0.497 e. The number of rotatable bonds is 5. The predicted octanol–water partition coefficient (Wildman–Crippen LogP) is 3.46. The van der Waals surface area contributed by atoms with Gasteiger partial charge in [-0.05, 0) is 87.9 Å². The highest BCUT2D eigenvalue weighted by atomic mass is 16.5. The number of piperidine rings is 1. The van der Waals surface area contributed by atoms with E-state index >= 15 is 0 Å². The van der Waals surface area contributed by atoms with Crippen LogP contribution in [0.15, 0.2) is 24.3 Å². The van der Waals surface area contributed by atoms with E-state index in [0.717, 1.165) is 62.4 Å². The molecule has 4 rings (SSSR count). The second-order valence-electron chi connectivity index (χ2n) is 8.48. The molecule has 2 aliphatic rings. The molecular formula is C24H33N3O2. The number of carbonyl (C=O) groups excluding carboxylic acids is 1. The fraction of sp³-hybridized carbons (Fsp3) is 0.542. The monoisotopic (exact) mass is 395 g/mol. The summed E-state index contributed by atoms with van der Waals surface area (Å²) in [4.78, 5) is 18.5. The van der Waals surface area contributed by atoms with E-state index in [1.807, 2.05) is 24.8 Å². The Morgan fingerprint density at radius 3 is 2.83 bits per heavy atom. The summed E-state index contributed by atoms with van der Waals surface area (Å²) in [6, 6.07) is 8.58. The number of H-pyrrole nitrogens is 1. The molecule has 0 bridgehead atoms. The van der Waals surface area contributed by atoms with Crippen LogP contribution in [-0.2, 0) is 18.3 Å². The number of nitrogens with zero attached hydrogens (tertiary/aromatic N) is 1. The van der Waals surface area contributed by atoms with Crippen molar-refractivity contribution in [2.24, 2.45) is 5.92 Å². The lowest BCUT2D eigenvalue weighted by molar-refractivity contribution is 0.0767. The SMILES string of the molecule is CCN(CC)C(=O)c1[nH]c2c(c1C)C[C@H]1CNCC[C@]1(c1cccc(OC)c1)C2. The van der Waals surface area contributed by atoms with Gasteiger partial charge in [-0.2, -0.15) is 0 Å². The number of aromatic nitrogens is 1. The molecule has 5 nitrogen and oxygen atoms in total. The van der Waals surface area contributed by atoms with Gasteiger partial charge in [0, 0.05) is 24.2 Å². The standard InChI is InChI=1S/C24H33N3O2/c1-5-27(6-2)23(28)22-16(3)20-13-18-15-25-11-10-24(18,14-21(20)26-22)17-8-7-9-19(12-17)29-4/h7-9,12,18,25-26H,5-6,10-11,13-15H2,1-4H3/t18-,24+/m0/s1. The van der Waals surface area contributed by atoms with E-state index in [2.05, 4.69) is 35.4 Å². The molecule has 0 saturated carbocycles. The Morgan fingerprint density at radius 2 is 2.10 bits per heavy atom. The molecule has 29 heavy (non-hydrogen) atoms. The molecule has 1 aliphatic heterocycles. The van der Waals surface area contributed by atoms with Crippen LogP contribution in [0.4, 0.5) is 0 Å². The van der Waals surface area contributed by atoms with Crippen molar-refractivity contribution in [3.8, 4) is 5.75 Å². The molecule has 0 radical (unpaired) electrons. The molecule has 156 valence electrons. The second-order valence-corrected chi connectivity index (χ2v) is 8.48. The Labute approximate surface area is 173 Å². The fourth-order valence-electron chi connectivity index (χ4n) is 5.47. The summed E-state index contributed by atoms with van der Waals surface area (Å²) < 4.78 is 5.52. The maximum atomic E-state index is 13.1. The number of aromatic amines is 1. The molecule has 1 amide bonds. The van der Waals surface area contributed by atoms with Gasteiger partial charge in [0.15, 0.2) is 0 Å². The van der Waals surface area contributed by atoms with Crippen LogP contribution in [0.3, 0.4) is 0 Å². The van der Waals surface area contributed by atoms with Gasteiger partial charge >= 0.3 is 0 Å². The van der Waals surface area contributed by atoms with Crippen LogP contribution in [0.1, 0.15) is 53.1 Å². The topological polar surface area (TPSA) is 57.4 Å². The van der Waals surface area contributed by atoms with Crippen molar-refractivity contribution in [2.75, 3.05) is 33.3 Å². The summed E-state index contributed by atoms with van der Waals surface area (Å²) in [5.41, 5.74) is 5.97. The van der Waals surface area contributed by atoms with E-state index in [1.165, 1.54) is 16.8 Å². The van der Waals surface area contributed by atoms with Crippen molar-refractivity contribution in [2.45, 2.75) is 45.4 Å². The minimum Gasteiger partial charge on any atom is -0.497 e. The number of hydrogen-bond acceptors (Lipinski definition) is 3. The third-order valence-corrected chi connectivity index (χ3v) is 7.24. The number of hydrogen-bond donors (Lipinski definition) is 2. The molecule has 2 heterocycles. The van der Waals surface area contributed by atoms with Crippen LogP contribution < -0.4 is 10.1 Å². The number of amides is 1. The van der Waals surface area contributed by atoms with Crippen LogP contribution in [0, 0.1) is 12.8 Å². The van der Waals surface area contributed by atoms with Crippen LogP contribution in [0.2, 0.25) is 0 Å². The van der Waals surface area contributed by atoms with Crippen molar-refractivity contribution >= 4 is 5.91 Å². The van der Waals surface area contributed by atoms with Gasteiger partial charge in [0.05, 0.1) is 7.11 Å². The maximum absolute atomic E-state index is 13.1. The second kappa shape index (κ2) is 7.86. The fourth-order valence-corrected chi connectivity index (χ4v) is 5.47. The molecule has 2 N–H and O–H groups in total. The van der Waals surface area contributed by atoms with Crippen molar-refractivity contribution < 1.29 is 9.53 Å². The zero-order valence-corrected chi connectivity index (χ0v) is 18.1. The van der Waals surface area contributed by atoms with Crippen molar-refractivity contribution in [1.82, 2.24) is 15.2 Å². The van der Waals surface area contributed by atoms with Crippen LogP contribution in [0.25, 0.3) is 0 Å². The number of fused-ring (bicyclic) bond motifs is 2. The van der Waals surface area contributed by atoms with E-state index in [9.17, 15) is 4.79 Å². The number of ether oxygens (including phenoxy) is 1. The first-order chi connectivity index (χ1) is 14.0. The lowest BCUT2D eigenvalue weighted by Crippen LogP contribution is -2.52. The Balaban J connectivity index is 1.76. The molecule has 2 aromatic rings. The molecule has 1 aromatic carbocycles. The summed E-state index contributed by atoms with van der Waals surface area (Å²) >= 11 is 0. The first-order valence-electron chi connectivity index (χ1n) is 10.9. The molecule has 1 saturated heterocycles. The van der Waals surface area contributed by atoms with Gasteiger partial charge in [-0.3, -0.25) is 4.79 Å². The molecular weight excluding hydrogens is 362 g/mol. The minimum atomic E-state index is 0.0829. The van der Waals surface area contributed by atoms with Gasteiger partial charge in [-0.25, -0.2) is 0 Å². The van der Waals surface area contributed by atoms with E-state index < -0.39 is 0 Å². The smallest absolute Gasteiger partial charge is 0.270 e. The first kappa shape index (κ1) is 20.0. The molecule has 1 aliphatic carbocycles. The third kappa shape index (κ3) is 3.25. The van der Waals surface area contributed by atoms with E-state index in [-0.39, 0.29) is 11.3 Å². The molecule has 5 heteroatoms. The first-order valence-corrected chi connectivity index (χ1v) is 10.9. The van der Waals surface area contributed by atoms with E-state index in [4.69, 9.17) is 4.74 Å². The van der Waals surface area contributed by atoms with Crippen molar-refractivity contribution in [3.63, 3.8) is 0 Å². The van der Waals surface area contributed by atoms with Crippen LogP contribution in [0.5, 0.6) is 5.75 Å². The Kier molecular flexibility index (Phi) is 5.43. The van der Waals surface area contributed by atoms with Gasteiger partial charge in [-0.1, -0.05) is 12.1 Å². The Hall–Kier alpha value is -2.27. The zero-order chi connectivity index (χ0) is 20.6. The van der Waals surface area contributed by atoms with E-state index in [1.54, 1.807) is 7.11 Å². The molecule has 0 spiro atoms. The van der Waals surface area contributed by atoms with Crippen molar-refractivity contribution in [1.29, 1.82) is 0 Å². The Morgan fingerprint density at radius 1 is 1.31 bits per heavy atom. The summed E-state index contributed by atoms with van der Waals surface area (Å²) in [7, 11) is 1.73. The van der Waals surface area contributed by atoms with Crippen molar-refractivity contribution in [3.05, 3.63) is 52.3 Å².